The van der Waals surface area contributed by atoms with Crippen molar-refractivity contribution in [2.45, 2.75) is 0 Å². The maximum absolute atomic E-state index is 12.5. The molecule has 104 valence electrons. The van der Waals surface area contributed by atoms with E-state index in [-0.39, 0.29) is 0 Å². The van der Waals surface area contributed by atoms with Gasteiger partial charge in [-0.15, -0.1) is 11.3 Å². The van der Waals surface area contributed by atoms with Gasteiger partial charge in [-0.1, -0.05) is 36.4 Å². The normalized spacial score (nSPS) is 10.1. The van der Waals surface area contributed by atoms with E-state index in [9.17, 15) is 4.79 Å². The molecule has 0 saturated carbocycles. The van der Waals surface area contributed by atoms with Gasteiger partial charge in [0.25, 0.3) is 0 Å². The third kappa shape index (κ3) is 3.12. The summed E-state index contributed by atoms with van der Waals surface area (Å²) in [5.74, 6) is 0.528. The van der Waals surface area contributed by atoms with Crippen molar-refractivity contribution in [2.75, 3.05) is 4.90 Å². The molecule has 0 unspecified atom stereocenters. The van der Waals surface area contributed by atoms with Crippen LogP contribution in [0.1, 0.15) is 0 Å². The number of ether oxygens (including phenoxy) is 1. The number of hydrogen-bond donors (Lipinski definition) is 0. The molecule has 0 aliphatic rings. The van der Waals surface area contributed by atoms with E-state index in [1.807, 2.05) is 66.0 Å². The molecule has 2 aromatic carbocycles. The molecule has 0 saturated heterocycles. The number of nitrogens with zero attached hydrogens (tertiary/aromatic N) is 1. The van der Waals surface area contributed by atoms with E-state index in [2.05, 4.69) is 0 Å². The Hall–Kier alpha value is -2.59. The number of benzene rings is 2. The molecule has 3 aromatic rings. The average Bonchev–Trinajstić information content (AvgIpc) is 3.03. The van der Waals surface area contributed by atoms with Crippen LogP contribution in [0.2, 0.25) is 0 Å². The van der Waals surface area contributed by atoms with Gasteiger partial charge in [0.1, 0.15) is 10.8 Å². The molecule has 0 bridgehead atoms. The van der Waals surface area contributed by atoms with Gasteiger partial charge in [0.15, 0.2) is 0 Å². The van der Waals surface area contributed by atoms with Crippen LogP contribution in [0, 0.1) is 0 Å². The molecule has 0 fully saturated rings. The third-order valence-electron chi connectivity index (χ3n) is 2.87. The summed E-state index contributed by atoms with van der Waals surface area (Å²) in [6.07, 6.45) is -0.421. The topological polar surface area (TPSA) is 29.5 Å². The Balaban J connectivity index is 1.91. The van der Waals surface area contributed by atoms with Gasteiger partial charge in [-0.2, -0.15) is 0 Å². The van der Waals surface area contributed by atoms with Gasteiger partial charge >= 0.3 is 6.09 Å². The zero-order valence-electron chi connectivity index (χ0n) is 11.2. The fraction of sp³-hybridized carbons (Fsp3) is 0. The number of thiophene rings is 1. The van der Waals surface area contributed by atoms with E-state index >= 15 is 0 Å². The summed E-state index contributed by atoms with van der Waals surface area (Å²) in [6, 6.07) is 22.3. The molecular formula is C17H13NO2S. The average molecular weight is 295 g/mol. The maximum atomic E-state index is 12.5. The predicted molar refractivity (Wildman–Crippen MR) is 85.4 cm³/mol. The van der Waals surface area contributed by atoms with Crippen molar-refractivity contribution in [3.63, 3.8) is 0 Å². The lowest BCUT2D eigenvalue weighted by molar-refractivity contribution is 0.210. The number of carbonyl (C=O) groups is 1. The van der Waals surface area contributed by atoms with Crippen LogP contribution >= 0.6 is 11.3 Å². The summed E-state index contributed by atoms with van der Waals surface area (Å²) in [6.45, 7) is 0. The van der Waals surface area contributed by atoms with Crippen LogP contribution in [-0.4, -0.2) is 6.09 Å². The van der Waals surface area contributed by atoms with Crippen LogP contribution in [0.5, 0.6) is 5.75 Å². The summed E-state index contributed by atoms with van der Waals surface area (Å²) >= 11 is 1.49. The standard InChI is InChI=1S/C17H13NO2S/c19-17(20-15-10-5-2-6-11-15)18(16-12-7-13-21-16)14-8-3-1-4-9-14/h1-13H. The van der Waals surface area contributed by atoms with Gasteiger partial charge in [0.2, 0.25) is 0 Å². The first-order valence-corrected chi connectivity index (χ1v) is 7.38. The Morgan fingerprint density at radius 2 is 1.52 bits per heavy atom. The van der Waals surface area contributed by atoms with Crippen molar-refractivity contribution < 1.29 is 9.53 Å². The van der Waals surface area contributed by atoms with Gasteiger partial charge in [-0.05, 0) is 41.8 Å². The van der Waals surface area contributed by atoms with Gasteiger partial charge < -0.3 is 4.74 Å². The summed E-state index contributed by atoms with van der Waals surface area (Å²) in [5.41, 5.74) is 0.779. The lowest BCUT2D eigenvalue weighted by Gasteiger charge is -2.20. The number of rotatable bonds is 3. The number of amides is 1. The van der Waals surface area contributed by atoms with Crippen molar-refractivity contribution >= 4 is 28.1 Å². The van der Waals surface area contributed by atoms with Crippen molar-refractivity contribution in [3.8, 4) is 5.75 Å². The molecular weight excluding hydrogens is 282 g/mol. The van der Waals surface area contributed by atoms with E-state index in [4.69, 9.17) is 4.74 Å². The maximum Gasteiger partial charge on any atom is 0.425 e. The Bertz CT molecular complexity index is 696. The van der Waals surface area contributed by atoms with Gasteiger partial charge in [0.05, 0.1) is 5.69 Å². The molecule has 3 nitrogen and oxygen atoms in total. The highest BCUT2D eigenvalue weighted by atomic mass is 32.1. The van der Waals surface area contributed by atoms with Crippen LogP contribution in [-0.2, 0) is 0 Å². The van der Waals surface area contributed by atoms with Crippen molar-refractivity contribution in [1.29, 1.82) is 0 Å². The Labute approximate surface area is 127 Å². The highest BCUT2D eigenvalue weighted by molar-refractivity contribution is 7.14. The molecule has 4 heteroatoms. The molecule has 1 aromatic heterocycles. The molecule has 0 radical (unpaired) electrons. The summed E-state index contributed by atoms with van der Waals surface area (Å²) < 4.78 is 5.45. The van der Waals surface area contributed by atoms with E-state index in [1.54, 1.807) is 17.0 Å². The van der Waals surface area contributed by atoms with E-state index in [1.165, 1.54) is 11.3 Å². The molecule has 1 amide bonds. The Kier molecular flexibility index (Phi) is 3.98. The van der Waals surface area contributed by atoms with Gasteiger partial charge in [-0.3, -0.25) is 0 Å². The zero-order valence-corrected chi connectivity index (χ0v) is 12.0. The summed E-state index contributed by atoms with van der Waals surface area (Å²) in [5, 5.41) is 2.75. The molecule has 1 heterocycles. The third-order valence-corrected chi connectivity index (χ3v) is 3.73. The van der Waals surface area contributed by atoms with Crippen LogP contribution in [0.4, 0.5) is 15.5 Å². The number of hydrogen-bond acceptors (Lipinski definition) is 3. The zero-order chi connectivity index (χ0) is 14.5. The van der Waals surface area contributed by atoms with E-state index in [0.717, 1.165) is 10.7 Å². The fourth-order valence-electron chi connectivity index (χ4n) is 1.93. The van der Waals surface area contributed by atoms with Crippen LogP contribution in [0.15, 0.2) is 78.2 Å². The molecule has 0 atom stereocenters. The molecule has 3 rings (SSSR count). The minimum atomic E-state index is -0.421. The second-order valence-electron chi connectivity index (χ2n) is 4.30. The van der Waals surface area contributed by atoms with Gasteiger partial charge in [-0.25, -0.2) is 9.69 Å². The fourth-order valence-corrected chi connectivity index (χ4v) is 2.67. The minimum absolute atomic E-state index is 0.421. The number of anilines is 2. The van der Waals surface area contributed by atoms with Crippen LogP contribution < -0.4 is 9.64 Å². The van der Waals surface area contributed by atoms with E-state index < -0.39 is 6.09 Å². The second-order valence-corrected chi connectivity index (χ2v) is 5.23. The Morgan fingerprint density at radius 1 is 0.857 bits per heavy atom. The molecule has 0 N–H and O–H groups in total. The highest BCUT2D eigenvalue weighted by Gasteiger charge is 2.20. The summed E-state index contributed by atoms with van der Waals surface area (Å²) in [4.78, 5) is 14.1. The molecule has 0 aliphatic carbocycles. The lowest BCUT2D eigenvalue weighted by atomic mass is 10.3. The minimum Gasteiger partial charge on any atom is -0.410 e. The van der Waals surface area contributed by atoms with Crippen molar-refractivity contribution in [3.05, 3.63) is 78.2 Å². The molecule has 0 aliphatic heterocycles. The highest BCUT2D eigenvalue weighted by Crippen LogP contribution is 2.30. The van der Waals surface area contributed by atoms with Crippen LogP contribution in [0.25, 0.3) is 0 Å². The number of para-hydroxylation sites is 2. The second kappa shape index (κ2) is 6.24. The predicted octanol–water partition coefficient (Wildman–Crippen LogP) is 5.09. The van der Waals surface area contributed by atoms with Crippen LogP contribution in [0.3, 0.4) is 0 Å². The number of carbonyl (C=O) groups excluding carboxylic acids is 1. The molecule has 21 heavy (non-hydrogen) atoms. The van der Waals surface area contributed by atoms with E-state index in [0.29, 0.717) is 5.75 Å². The van der Waals surface area contributed by atoms with Crippen molar-refractivity contribution in [2.24, 2.45) is 0 Å². The molecule has 0 spiro atoms. The monoisotopic (exact) mass is 295 g/mol. The SMILES string of the molecule is O=C(Oc1ccccc1)N(c1ccccc1)c1cccs1. The van der Waals surface area contributed by atoms with Crippen molar-refractivity contribution in [1.82, 2.24) is 0 Å². The van der Waals surface area contributed by atoms with Gasteiger partial charge in [0, 0.05) is 0 Å². The Morgan fingerprint density at radius 3 is 2.14 bits per heavy atom. The first kappa shape index (κ1) is 13.4. The largest absolute Gasteiger partial charge is 0.425 e. The smallest absolute Gasteiger partial charge is 0.410 e. The first-order valence-electron chi connectivity index (χ1n) is 6.50. The lowest BCUT2D eigenvalue weighted by Crippen LogP contribution is -2.28. The first-order chi connectivity index (χ1) is 10.3. The summed E-state index contributed by atoms with van der Waals surface area (Å²) in [7, 11) is 0. The quantitative estimate of drug-likeness (QED) is 0.674.